The minimum atomic E-state index is -1.41. The number of rotatable bonds is 12. The Labute approximate surface area is 245 Å². The molecule has 0 aliphatic carbocycles. The van der Waals surface area contributed by atoms with Crippen molar-refractivity contribution in [1.82, 2.24) is 10.9 Å². The van der Waals surface area contributed by atoms with Crippen LogP contribution in [-0.4, -0.2) is 42.2 Å². The number of hydrogen-bond donors (Lipinski definition) is 3. The number of ether oxygens (including phenoxy) is 2. The number of benzene rings is 3. The fourth-order valence-corrected chi connectivity index (χ4v) is 4.97. The Morgan fingerprint density at radius 3 is 2.56 bits per heavy atom. The summed E-state index contributed by atoms with van der Waals surface area (Å²) in [4.78, 5) is 18.9. The summed E-state index contributed by atoms with van der Waals surface area (Å²) in [5, 5.41) is 9.83. The molecule has 0 saturated carbocycles. The summed E-state index contributed by atoms with van der Waals surface area (Å²) >= 11 is 16.3. The van der Waals surface area contributed by atoms with Gasteiger partial charge in [-0.15, -0.1) is 6.58 Å². The number of aliphatic hydroxyl groups is 1. The lowest BCUT2D eigenvalue weighted by molar-refractivity contribution is -0.129. The smallest absolute Gasteiger partial charge is 0.266 e. The van der Waals surface area contributed by atoms with Gasteiger partial charge in [0.05, 0.1) is 6.61 Å². The molecule has 3 aromatic carbocycles. The lowest BCUT2D eigenvalue weighted by Crippen LogP contribution is -2.54. The van der Waals surface area contributed by atoms with Crippen molar-refractivity contribution in [1.29, 1.82) is 0 Å². The normalized spacial score (nSPS) is 18.3. The highest BCUT2D eigenvalue weighted by atomic mass is 79.9. The molecule has 7 nitrogen and oxygen atoms in total. The largest absolute Gasteiger partial charge is 0.494 e. The summed E-state index contributed by atoms with van der Waals surface area (Å²) in [5.74, 6) is 0.557. The Morgan fingerprint density at radius 2 is 1.90 bits per heavy atom. The summed E-state index contributed by atoms with van der Waals surface area (Å²) < 4.78 is 13.0. The molecule has 4 rings (SSSR count). The zero-order valence-corrected chi connectivity index (χ0v) is 24.1. The van der Waals surface area contributed by atoms with E-state index in [4.69, 9.17) is 42.8 Å². The molecule has 3 aromatic rings. The molecule has 39 heavy (non-hydrogen) atoms. The number of hydrogen-bond acceptors (Lipinski definition) is 6. The standard InChI is InChI=1S/C29H28BrCl2N3O4/c1-2-14-33-35-28(37)29(18-19-4-8-21(30)9-5-19)26(24-13-10-22(31)17-25(24)32)39-27(34-29)20-6-11-23(12-7-20)38-16-3-15-36/h2,4-13,17,26,33,36H,1,3,14-16,18H2,(H,35,37)/t26-,29-/m0/s1. The second-order valence-electron chi connectivity index (χ2n) is 8.88. The number of hydrazine groups is 1. The molecule has 0 fully saturated rings. The van der Waals surface area contributed by atoms with Gasteiger partial charge in [-0.25, -0.2) is 10.4 Å². The van der Waals surface area contributed by atoms with Crippen molar-refractivity contribution in [2.45, 2.75) is 24.5 Å². The molecular weight excluding hydrogens is 605 g/mol. The molecule has 1 aliphatic heterocycles. The van der Waals surface area contributed by atoms with Gasteiger partial charge < -0.3 is 14.6 Å². The van der Waals surface area contributed by atoms with Crippen molar-refractivity contribution in [3.63, 3.8) is 0 Å². The molecule has 0 unspecified atom stereocenters. The van der Waals surface area contributed by atoms with Crippen molar-refractivity contribution in [3.8, 4) is 5.75 Å². The quantitative estimate of drug-likeness (QED) is 0.133. The van der Waals surface area contributed by atoms with Crippen LogP contribution in [0.4, 0.5) is 0 Å². The third-order valence-electron chi connectivity index (χ3n) is 6.11. The fourth-order valence-electron chi connectivity index (χ4n) is 4.20. The Morgan fingerprint density at radius 1 is 1.15 bits per heavy atom. The van der Waals surface area contributed by atoms with Gasteiger partial charge in [-0.2, -0.15) is 0 Å². The highest BCUT2D eigenvalue weighted by Gasteiger charge is 2.54. The second kappa shape index (κ2) is 13.5. The van der Waals surface area contributed by atoms with E-state index in [1.165, 1.54) is 0 Å². The van der Waals surface area contributed by atoms with Crippen LogP contribution in [0.5, 0.6) is 5.75 Å². The molecule has 204 valence electrons. The van der Waals surface area contributed by atoms with Gasteiger partial charge in [0.15, 0.2) is 11.6 Å². The summed E-state index contributed by atoms with van der Waals surface area (Å²) in [7, 11) is 0. The van der Waals surface area contributed by atoms with Gasteiger partial charge in [-0.3, -0.25) is 10.2 Å². The number of aliphatic hydroxyl groups excluding tert-OH is 1. The molecule has 1 aliphatic rings. The first-order chi connectivity index (χ1) is 18.9. The molecule has 0 aromatic heterocycles. The molecule has 3 N–H and O–H groups in total. The molecule has 0 saturated heterocycles. The van der Waals surface area contributed by atoms with Gasteiger partial charge >= 0.3 is 0 Å². The summed E-state index contributed by atoms with van der Waals surface area (Å²) in [6.45, 7) is 4.51. The van der Waals surface area contributed by atoms with E-state index >= 15 is 0 Å². The van der Waals surface area contributed by atoms with Gasteiger partial charge in [0, 0.05) is 51.6 Å². The number of carbonyl (C=O) groups excluding carboxylic acids is 1. The summed E-state index contributed by atoms with van der Waals surface area (Å²) in [6.07, 6.45) is 1.55. The van der Waals surface area contributed by atoms with E-state index in [0.717, 1.165) is 10.0 Å². The van der Waals surface area contributed by atoms with Gasteiger partial charge in [-0.1, -0.05) is 63.4 Å². The first-order valence-corrected chi connectivity index (χ1v) is 13.9. The van der Waals surface area contributed by atoms with E-state index in [9.17, 15) is 4.79 Å². The van der Waals surface area contributed by atoms with Crippen LogP contribution < -0.4 is 15.6 Å². The van der Waals surface area contributed by atoms with Crippen LogP contribution in [0.15, 0.2) is 88.9 Å². The number of carbonyl (C=O) groups is 1. The van der Waals surface area contributed by atoms with E-state index < -0.39 is 11.6 Å². The van der Waals surface area contributed by atoms with Crippen LogP contribution in [0.3, 0.4) is 0 Å². The minimum absolute atomic E-state index is 0.0571. The average molecular weight is 633 g/mol. The van der Waals surface area contributed by atoms with E-state index in [2.05, 4.69) is 33.4 Å². The predicted molar refractivity (Wildman–Crippen MR) is 157 cm³/mol. The van der Waals surface area contributed by atoms with Crippen LogP contribution in [0.1, 0.15) is 29.2 Å². The number of amides is 1. The maximum absolute atomic E-state index is 13.9. The number of halogens is 3. The van der Waals surface area contributed by atoms with Crippen LogP contribution in [0.25, 0.3) is 0 Å². The van der Waals surface area contributed by atoms with Crippen molar-refractivity contribution >= 4 is 50.9 Å². The Hall–Kier alpha value is -2.88. The molecule has 10 heteroatoms. The first kappa shape index (κ1) is 29.1. The van der Waals surface area contributed by atoms with Gasteiger partial charge in [-0.05, 0) is 54.1 Å². The third-order valence-corrected chi connectivity index (χ3v) is 7.20. The van der Waals surface area contributed by atoms with Crippen molar-refractivity contribution in [2.75, 3.05) is 19.8 Å². The number of nitrogens with one attached hydrogen (secondary N) is 2. The monoisotopic (exact) mass is 631 g/mol. The van der Waals surface area contributed by atoms with Crippen molar-refractivity contribution in [3.05, 3.63) is 111 Å². The molecular formula is C29H28BrCl2N3O4. The van der Waals surface area contributed by atoms with Crippen LogP contribution in [-0.2, 0) is 16.0 Å². The third kappa shape index (κ3) is 7.01. The highest BCUT2D eigenvalue weighted by Crippen LogP contribution is 2.45. The zero-order chi connectivity index (χ0) is 27.8. The van der Waals surface area contributed by atoms with Crippen LogP contribution in [0.2, 0.25) is 10.0 Å². The first-order valence-electron chi connectivity index (χ1n) is 12.3. The van der Waals surface area contributed by atoms with E-state index in [1.807, 2.05) is 36.4 Å². The van der Waals surface area contributed by atoms with Crippen molar-refractivity contribution < 1.29 is 19.4 Å². The van der Waals surface area contributed by atoms with E-state index in [-0.39, 0.29) is 18.9 Å². The van der Waals surface area contributed by atoms with E-state index in [0.29, 0.717) is 52.4 Å². The van der Waals surface area contributed by atoms with E-state index in [1.54, 1.807) is 36.4 Å². The van der Waals surface area contributed by atoms with Gasteiger partial charge in [0.25, 0.3) is 5.91 Å². The molecule has 0 bridgehead atoms. The lowest BCUT2D eigenvalue weighted by atomic mass is 9.82. The number of nitrogens with zero attached hydrogens (tertiary/aromatic N) is 1. The van der Waals surface area contributed by atoms with Crippen LogP contribution in [0, 0.1) is 0 Å². The minimum Gasteiger partial charge on any atom is -0.494 e. The predicted octanol–water partition coefficient (Wildman–Crippen LogP) is 5.82. The fraction of sp³-hybridized carbons (Fsp3) is 0.241. The average Bonchev–Trinajstić information content (AvgIpc) is 3.30. The Balaban J connectivity index is 1.79. The highest BCUT2D eigenvalue weighted by molar-refractivity contribution is 9.10. The lowest BCUT2D eigenvalue weighted by Gasteiger charge is -2.31. The zero-order valence-electron chi connectivity index (χ0n) is 21.0. The molecule has 2 atom stereocenters. The van der Waals surface area contributed by atoms with Gasteiger partial charge in [0.1, 0.15) is 5.75 Å². The molecule has 0 radical (unpaired) electrons. The topological polar surface area (TPSA) is 92.2 Å². The summed E-state index contributed by atoms with van der Waals surface area (Å²) in [6, 6.07) is 20.0. The van der Waals surface area contributed by atoms with Crippen LogP contribution >= 0.6 is 39.1 Å². The Kier molecular flexibility index (Phi) is 10.0. The van der Waals surface area contributed by atoms with Gasteiger partial charge in [0.2, 0.25) is 5.90 Å². The maximum Gasteiger partial charge on any atom is 0.266 e. The number of aliphatic imine (C=N–C) groups is 1. The van der Waals surface area contributed by atoms with Crippen molar-refractivity contribution in [2.24, 2.45) is 4.99 Å². The summed E-state index contributed by atoms with van der Waals surface area (Å²) in [5.41, 5.74) is 6.37. The molecule has 0 spiro atoms. The Bertz CT molecular complexity index is 1340. The maximum atomic E-state index is 13.9. The molecule has 1 amide bonds. The second-order valence-corrected chi connectivity index (χ2v) is 10.6. The SMILES string of the molecule is C=CCNNC(=O)[C@@]1(Cc2ccc(Br)cc2)N=C(c2ccc(OCCCO)cc2)O[C@H]1c1ccc(Cl)cc1Cl. The molecule has 1 heterocycles.